The number of hydrogen-bond donors (Lipinski definition) is 0. The average molecular weight is 325 g/mol. The minimum atomic E-state index is 0.237. The lowest BCUT2D eigenvalue weighted by molar-refractivity contribution is -0.139. The minimum Gasteiger partial charge on any atom is -0.335 e. The second-order valence-electron chi connectivity index (χ2n) is 7.20. The molecule has 2 aromatic rings. The number of amides is 1. The SMILES string of the molecule is CC(C)CN(Cc1nccn1Cc1ccccc1)C(=O)C1CCC1. The van der Waals surface area contributed by atoms with E-state index in [1.807, 2.05) is 23.4 Å². The van der Waals surface area contributed by atoms with Crippen molar-refractivity contribution in [3.8, 4) is 0 Å². The summed E-state index contributed by atoms with van der Waals surface area (Å²) in [5.41, 5.74) is 1.25. The fraction of sp³-hybridized carbons (Fsp3) is 0.500. The van der Waals surface area contributed by atoms with Crippen LogP contribution in [0.3, 0.4) is 0 Å². The van der Waals surface area contributed by atoms with E-state index in [9.17, 15) is 4.79 Å². The molecule has 4 nitrogen and oxygen atoms in total. The van der Waals surface area contributed by atoms with Crippen LogP contribution in [0, 0.1) is 11.8 Å². The third kappa shape index (κ3) is 4.05. The fourth-order valence-electron chi connectivity index (χ4n) is 3.17. The smallest absolute Gasteiger partial charge is 0.226 e. The maximum absolute atomic E-state index is 12.7. The summed E-state index contributed by atoms with van der Waals surface area (Å²) < 4.78 is 2.15. The lowest BCUT2D eigenvalue weighted by Gasteiger charge is -2.32. The Kier molecular flexibility index (Phi) is 5.34. The molecule has 1 aliphatic carbocycles. The van der Waals surface area contributed by atoms with Gasteiger partial charge in [0.1, 0.15) is 5.82 Å². The predicted molar refractivity (Wildman–Crippen MR) is 95.4 cm³/mol. The van der Waals surface area contributed by atoms with Gasteiger partial charge < -0.3 is 9.47 Å². The number of carbonyl (C=O) groups is 1. The Bertz CT molecular complexity index is 659. The van der Waals surface area contributed by atoms with Crippen LogP contribution in [0.2, 0.25) is 0 Å². The Morgan fingerprint density at radius 1 is 1.29 bits per heavy atom. The van der Waals surface area contributed by atoms with Gasteiger partial charge in [0.2, 0.25) is 5.91 Å². The van der Waals surface area contributed by atoms with Crippen LogP contribution in [0.5, 0.6) is 0 Å². The van der Waals surface area contributed by atoms with E-state index >= 15 is 0 Å². The van der Waals surface area contributed by atoms with Gasteiger partial charge in [0, 0.05) is 31.4 Å². The van der Waals surface area contributed by atoms with E-state index in [4.69, 9.17) is 0 Å². The van der Waals surface area contributed by atoms with Crippen LogP contribution in [0.25, 0.3) is 0 Å². The van der Waals surface area contributed by atoms with E-state index in [2.05, 4.69) is 47.7 Å². The predicted octanol–water partition coefficient (Wildman–Crippen LogP) is 3.72. The average Bonchev–Trinajstić information content (AvgIpc) is 2.92. The van der Waals surface area contributed by atoms with Crippen molar-refractivity contribution in [3.63, 3.8) is 0 Å². The maximum atomic E-state index is 12.7. The zero-order valence-corrected chi connectivity index (χ0v) is 14.7. The van der Waals surface area contributed by atoms with Gasteiger partial charge in [-0.15, -0.1) is 0 Å². The van der Waals surface area contributed by atoms with Crippen LogP contribution < -0.4 is 0 Å². The lowest BCUT2D eigenvalue weighted by Crippen LogP contribution is -2.41. The molecular weight excluding hydrogens is 298 g/mol. The fourth-order valence-corrected chi connectivity index (χ4v) is 3.17. The molecule has 0 unspecified atom stereocenters. The van der Waals surface area contributed by atoms with Crippen LogP contribution in [0.15, 0.2) is 42.7 Å². The van der Waals surface area contributed by atoms with Crippen LogP contribution in [0.4, 0.5) is 0 Å². The van der Waals surface area contributed by atoms with Gasteiger partial charge in [-0.05, 0) is 24.3 Å². The van der Waals surface area contributed by atoms with E-state index in [-0.39, 0.29) is 5.92 Å². The van der Waals surface area contributed by atoms with Crippen molar-refractivity contribution in [3.05, 3.63) is 54.1 Å². The first-order valence-electron chi connectivity index (χ1n) is 8.96. The Morgan fingerprint density at radius 2 is 2.04 bits per heavy atom. The molecule has 1 aliphatic rings. The molecule has 0 aliphatic heterocycles. The van der Waals surface area contributed by atoms with Gasteiger partial charge in [-0.3, -0.25) is 4.79 Å². The first-order valence-corrected chi connectivity index (χ1v) is 8.96. The molecule has 3 rings (SSSR count). The zero-order valence-electron chi connectivity index (χ0n) is 14.7. The Hall–Kier alpha value is -2.10. The molecule has 0 saturated heterocycles. The van der Waals surface area contributed by atoms with Gasteiger partial charge in [0.05, 0.1) is 6.54 Å². The quantitative estimate of drug-likeness (QED) is 0.778. The molecule has 1 heterocycles. The van der Waals surface area contributed by atoms with Crippen LogP contribution in [-0.4, -0.2) is 26.9 Å². The zero-order chi connectivity index (χ0) is 16.9. The number of aromatic nitrogens is 2. The Balaban J connectivity index is 1.72. The Morgan fingerprint density at radius 3 is 2.67 bits per heavy atom. The number of hydrogen-bond acceptors (Lipinski definition) is 2. The van der Waals surface area contributed by atoms with E-state index in [1.54, 1.807) is 0 Å². The van der Waals surface area contributed by atoms with Crippen molar-refractivity contribution in [2.75, 3.05) is 6.54 Å². The standard InChI is InChI=1S/C20H27N3O/c1-16(2)13-23(20(24)18-9-6-10-18)15-19-21-11-12-22(19)14-17-7-4-3-5-8-17/h3-5,7-8,11-12,16,18H,6,9-10,13-15H2,1-2H3. The molecular formula is C20H27N3O. The third-order valence-electron chi connectivity index (χ3n) is 4.68. The number of imidazole rings is 1. The van der Waals surface area contributed by atoms with Crippen LogP contribution >= 0.6 is 0 Å². The lowest BCUT2D eigenvalue weighted by atomic mass is 9.84. The largest absolute Gasteiger partial charge is 0.335 e. The summed E-state index contributed by atoms with van der Waals surface area (Å²) in [6.45, 7) is 6.53. The van der Waals surface area contributed by atoms with Crippen LogP contribution in [0.1, 0.15) is 44.5 Å². The molecule has 0 spiro atoms. The summed E-state index contributed by atoms with van der Waals surface area (Å²) in [7, 11) is 0. The van der Waals surface area contributed by atoms with Crippen molar-refractivity contribution >= 4 is 5.91 Å². The van der Waals surface area contributed by atoms with Gasteiger partial charge in [-0.25, -0.2) is 4.98 Å². The third-order valence-corrected chi connectivity index (χ3v) is 4.68. The molecule has 1 aromatic heterocycles. The minimum absolute atomic E-state index is 0.237. The molecule has 0 bridgehead atoms. The number of nitrogens with zero attached hydrogens (tertiary/aromatic N) is 3. The second-order valence-corrected chi connectivity index (χ2v) is 7.20. The van der Waals surface area contributed by atoms with E-state index in [0.29, 0.717) is 18.4 Å². The number of rotatable bonds is 7. The Labute approximate surface area is 144 Å². The van der Waals surface area contributed by atoms with Crippen molar-refractivity contribution < 1.29 is 4.79 Å². The molecule has 24 heavy (non-hydrogen) atoms. The van der Waals surface area contributed by atoms with Crippen molar-refractivity contribution in [1.82, 2.24) is 14.5 Å². The highest BCUT2D eigenvalue weighted by molar-refractivity contribution is 5.79. The molecule has 1 aromatic carbocycles. The molecule has 4 heteroatoms. The first kappa shape index (κ1) is 16.7. The van der Waals surface area contributed by atoms with Gasteiger partial charge in [-0.2, -0.15) is 0 Å². The molecule has 0 atom stereocenters. The van der Waals surface area contributed by atoms with Crippen molar-refractivity contribution in [2.24, 2.45) is 11.8 Å². The highest BCUT2D eigenvalue weighted by Crippen LogP contribution is 2.29. The molecule has 0 radical (unpaired) electrons. The normalized spacial score (nSPS) is 14.6. The molecule has 0 N–H and O–H groups in total. The van der Waals surface area contributed by atoms with E-state index in [1.165, 1.54) is 12.0 Å². The number of carbonyl (C=O) groups excluding carboxylic acids is 1. The summed E-state index contributed by atoms with van der Waals surface area (Å²) in [5, 5.41) is 0. The van der Waals surface area contributed by atoms with E-state index < -0.39 is 0 Å². The van der Waals surface area contributed by atoms with Gasteiger partial charge >= 0.3 is 0 Å². The first-order chi connectivity index (χ1) is 11.6. The van der Waals surface area contributed by atoms with Gasteiger partial charge in [0.15, 0.2) is 0 Å². The summed E-state index contributed by atoms with van der Waals surface area (Å²) in [6, 6.07) is 10.4. The van der Waals surface area contributed by atoms with Crippen LogP contribution in [-0.2, 0) is 17.9 Å². The highest BCUT2D eigenvalue weighted by atomic mass is 16.2. The van der Waals surface area contributed by atoms with E-state index in [0.717, 1.165) is 31.8 Å². The highest BCUT2D eigenvalue weighted by Gasteiger charge is 2.30. The number of benzene rings is 1. The summed E-state index contributed by atoms with van der Waals surface area (Å²) in [6.07, 6.45) is 7.12. The van der Waals surface area contributed by atoms with Gasteiger partial charge in [0.25, 0.3) is 0 Å². The molecule has 1 fully saturated rings. The monoisotopic (exact) mass is 325 g/mol. The summed E-state index contributed by atoms with van der Waals surface area (Å²) >= 11 is 0. The molecule has 128 valence electrons. The second kappa shape index (κ2) is 7.65. The van der Waals surface area contributed by atoms with Crippen molar-refractivity contribution in [1.29, 1.82) is 0 Å². The summed E-state index contributed by atoms with van der Waals surface area (Å²) in [5.74, 6) is 1.98. The molecule has 1 saturated carbocycles. The van der Waals surface area contributed by atoms with Crippen molar-refractivity contribution in [2.45, 2.75) is 46.2 Å². The van der Waals surface area contributed by atoms with Gasteiger partial charge in [-0.1, -0.05) is 50.6 Å². The summed E-state index contributed by atoms with van der Waals surface area (Å²) in [4.78, 5) is 19.3. The maximum Gasteiger partial charge on any atom is 0.226 e. The topological polar surface area (TPSA) is 38.1 Å². The molecule has 1 amide bonds.